The molecule has 0 aliphatic rings. The highest BCUT2D eigenvalue weighted by molar-refractivity contribution is 6.31. The lowest BCUT2D eigenvalue weighted by molar-refractivity contribution is 1.07. The first kappa shape index (κ1) is 8.53. The molecule has 0 spiro atoms. The van der Waals surface area contributed by atoms with Gasteiger partial charge in [0.25, 0.3) is 0 Å². The fourth-order valence-corrected chi connectivity index (χ4v) is 1.39. The highest BCUT2D eigenvalue weighted by Crippen LogP contribution is 2.14. The Hall–Kier alpha value is -1.06. The van der Waals surface area contributed by atoms with Gasteiger partial charge in [-0.2, -0.15) is 5.10 Å². The molecule has 3 nitrogen and oxygen atoms in total. The molecule has 0 bridgehead atoms. The summed E-state index contributed by atoms with van der Waals surface area (Å²) in [4.78, 5) is 11.4. The van der Waals surface area contributed by atoms with Crippen molar-refractivity contribution in [3.8, 4) is 0 Å². The molecule has 2 rings (SSSR count). The van der Waals surface area contributed by atoms with Crippen molar-refractivity contribution in [1.29, 1.82) is 0 Å². The van der Waals surface area contributed by atoms with Crippen molar-refractivity contribution < 1.29 is 0 Å². The second-order valence-electron chi connectivity index (χ2n) is 2.53. The van der Waals surface area contributed by atoms with Gasteiger partial charge in [0, 0.05) is 5.02 Å². The smallest absolute Gasteiger partial charge is 0.226 e. The Labute approximate surface area is 83.3 Å². The second kappa shape index (κ2) is 3.01. The van der Waals surface area contributed by atoms with Crippen LogP contribution in [0.1, 0.15) is 0 Å². The van der Waals surface area contributed by atoms with Crippen LogP contribution in [0.25, 0.3) is 10.9 Å². The number of fused-ring (bicyclic) bond motifs is 1. The number of halogens is 2. The maximum atomic E-state index is 11.4. The predicted molar refractivity (Wildman–Crippen MR) is 52.4 cm³/mol. The molecule has 0 aliphatic carbocycles. The lowest BCUT2D eigenvalue weighted by Crippen LogP contribution is -2.05. The van der Waals surface area contributed by atoms with Gasteiger partial charge in [0.2, 0.25) is 5.43 Å². The van der Waals surface area contributed by atoms with Crippen molar-refractivity contribution in [3.63, 3.8) is 0 Å². The molecule has 1 aromatic heterocycles. The first-order valence-corrected chi connectivity index (χ1v) is 4.27. The van der Waals surface area contributed by atoms with Gasteiger partial charge in [-0.1, -0.05) is 23.2 Å². The van der Waals surface area contributed by atoms with Gasteiger partial charge >= 0.3 is 0 Å². The zero-order valence-corrected chi connectivity index (χ0v) is 7.86. The Kier molecular flexibility index (Phi) is 1.98. The monoisotopic (exact) mass is 214 g/mol. The van der Waals surface area contributed by atoms with Gasteiger partial charge in [-0.15, -0.1) is 0 Å². The van der Waals surface area contributed by atoms with Crippen molar-refractivity contribution in [2.45, 2.75) is 0 Å². The highest BCUT2D eigenvalue weighted by atomic mass is 35.5. The Morgan fingerprint density at radius 3 is 2.85 bits per heavy atom. The lowest BCUT2D eigenvalue weighted by atomic mass is 10.2. The average Bonchev–Trinajstić information content (AvgIpc) is 2.12. The third kappa shape index (κ3) is 1.41. The number of rotatable bonds is 0. The topological polar surface area (TPSA) is 45.8 Å². The van der Waals surface area contributed by atoms with Gasteiger partial charge in [-0.05, 0) is 18.2 Å². The normalized spacial score (nSPS) is 10.6. The average molecular weight is 215 g/mol. The maximum absolute atomic E-state index is 11.4. The van der Waals surface area contributed by atoms with E-state index in [4.69, 9.17) is 23.2 Å². The largest absolute Gasteiger partial charge is 0.286 e. The van der Waals surface area contributed by atoms with E-state index in [0.717, 1.165) is 0 Å². The third-order valence-electron chi connectivity index (χ3n) is 1.69. The van der Waals surface area contributed by atoms with E-state index < -0.39 is 0 Å². The molecule has 1 N–H and O–H groups in total. The number of hydrogen-bond donors (Lipinski definition) is 1. The van der Waals surface area contributed by atoms with Crippen LogP contribution in [0.2, 0.25) is 10.2 Å². The van der Waals surface area contributed by atoms with Crippen LogP contribution < -0.4 is 5.43 Å². The van der Waals surface area contributed by atoms with Gasteiger partial charge < -0.3 is 0 Å². The van der Waals surface area contributed by atoms with Crippen LogP contribution in [-0.4, -0.2) is 10.2 Å². The summed E-state index contributed by atoms with van der Waals surface area (Å²) in [6.07, 6.45) is 0. The number of aromatic nitrogens is 2. The summed E-state index contributed by atoms with van der Waals surface area (Å²) in [5.74, 6) is 0. The summed E-state index contributed by atoms with van der Waals surface area (Å²) in [6.45, 7) is 0. The first-order valence-electron chi connectivity index (χ1n) is 3.52. The van der Waals surface area contributed by atoms with E-state index in [0.29, 0.717) is 15.9 Å². The summed E-state index contributed by atoms with van der Waals surface area (Å²) < 4.78 is 0. The fourth-order valence-electron chi connectivity index (χ4n) is 1.07. The minimum Gasteiger partial charge on any atom is -0.286 e. The van der Waals surface area contributed by atoms with Gasteiger partial charge in [0.15, 0.2) is 5.15 Å². The van der Waals surface area contributed by atoms with Crippen molar-refractivity contribution in [1.82, 2.24) is 10.2 Å². The minimum atomic E-state index is -0.307. The van der Waals surface area contributed by atoms with E-state index in [9.17, 15) is 4.79 Å². The van der Waals surface area contributed by atoms with E-state index in [-0.39, 0.29) is 10.6 Å². The summed E-state index contributed by atoms with van der Waals surface area (Å²) in [6, 6.07) is 4.92. The molecule has 0 fully saturated rings. The summed E-state index contributed by atoms with van der Waals surface area (Å²) in [7, 11) is 0. The van der Waals surface area contributed by atoms with Crippen LogP contribution in [0.3, 0.4) is 0 Å². The Balaban J connectivity index is 2.97. The molecule has 0 unspecified atom stereocenters. The maximum Gasteiger partial charge on any atom is 0.226 e. The summed E-state index contributed by atoms with van der Waals surface area (Å²) in [5, 5.41) is 7.15. The van der Waals surface area contributed by atoms with Crippen LogP contribution in [0, 0.1) is 0 Å². The quantitative estimate of drug-likeness (QED) is 0.732. The number of nitrogens with zero attached hydrogens (tertiary/aromatic N) is 1. The number of benzene rings is 1. The second-order valence-corrected chi connectivity index (χ2v) is 3.33. The van der Waals surface area contributed by atoms with Crippen LogP contribution in [-0.2, 0) is 0 Å². The summed E-state index contributed by atoms with van der Waals surface area (Å²) in [5.41, 5.74) is 0.316. The van der Waals surface area contributed by atoms with E-state index >= 15 is 0 Å². The SMILES string of the molecule is O=c1c(Cl)n[nH]c2ccc(Cl)cc12. The van der Waals surface area contributed by atoms with Crippen LogP contribution in [0.15, 0.2) is 23.0 Å². The molecule has 0 saturated carbocycles. The van der Waals surface area contributed by atoms with Gasteiger partial charge in [-0.25, -0.2) is 0 Å². The molecular formula is C8H4Cl2N2O. The minimum absolute atomic E-state index is 0.0743. The van der Waals surface area contributed by atoms with Crippen molar-refractivity contribution in [2.75, 3.05) is 0 Å². The first-order chi connectivity index (χ1) is 6.18. The number of H-pyrrole nitrogens is 1. The standard InChI is InChI=1S/C8H4Cl2N2O/c9-4-1-2-6-5(3-4)7(13)8(10)12-11-6/h1-3H,(H,11,13). The Morgan fingerprint density at radius 1 is 1.31 bits per heavy atom. The molecule has 1 aromatic carbocycles. The van der Waals surface area contributed by atoms with Crippen molar-refractivity contribution >= 4 is 34.1 Å². The van der Waals surface area contributed by atoms with Gasteiger partial charge in [0.1, 0.15) is 0 Å². The zero-order chi connectivity index (χ0) is 9.42. The molecular weight excluding hydrogens is 211 g/mol. The fraction of sp³-hybridized carbons (Fsp3) is 0. The Bertz CT molecular complexity index is 516. The molecule has 0 atom stereocenters. The summed E-state index contributed by atoms with van der Waals surface area (Å²) >= 11 is 11.3. The van der Waals surface area contributed by atoms with Crippen molar-refractivity contribution in [2.24, 2.45) is 0 Å². The van der Waals surface area contributed by atoms with E-state index in [1.54, 1.807) is 18.2 Å². The van der Waals surface area contributed by atoms with Crippen molar-refractivity contribution in [3.05, 3.63) is 38.6 Å². The number of aromatic amines is 1. The van der Waals surface area contributed by atoms with Crippen LogP contribution in [0.4, 0.5) is 0 Å². The van der Waals surface area contributed by atoms with Gasteiger partial charge in [0.05, 0.1) is 10.9 Å². The molecule has 0 saturated heterocycles. The molecule has 2 aromatic rings. The van der Waals surface area contributed by atoms with E-state index in [2.05, 4.69) is 10.2 Å². The lowest BCUT2D eigenvalue weighted by Gasteiger charge is -1.96. The number of hydrogen-bond acceptors (Lipinski definition) is 2. The third-order valence-corrected chi connectivity index (χ3v) is 2.18. The Morgan fingerprint density at radius 2 is 2.08 bits per heavy atom. The number of nitrogens with one attached hydrogen (secondary N) is 1. The van der Waals surface area contributed by atoms with Gasteiger partial charge in [-0.3, -0.25) is 9.89 Å². The molecule has 0 aliphatic heterocycles. The zero-order valence-electron chi connectivity index (χ0n) is 6.34. The molecule has 0 radical (unpaired) electrons. The predicted octanol–water partition coefficient (Wildman–Crippen LogP) is 2.23. The molecule has 0 amide bonds. The molecule has 5 heteroatoms. The molecule has 13 heavy (non-hydrogen) atoms. The van der Waals surface area contributed by atoms with E-state index in [1.807, 2.05) is 0 Å². The highest BCUT2D eigenvalue weighted by Gasteiger charge is 2.03. The van der Waals surface area contributed by atoms with E-state index in [1.165, 1.54) is 0 Å². The molecule has 1 heterocycles. The molecule has 66 valence electrons. The van der Waals surface area contributed by atoms with Crippen LogP contribution in [0.5, 0.6) is 0 Å². The van der Waals surface area contributed by atoms with Crippen LogP contribution >= 0.6 is 23.2 Å².